The Morgan fingerprint density at radius 3 is 2.65 bits per heavy atom. The van der Waals surface area contributed by atoms with E-state index in [4.69, 9.17) is 10.2 Å². The Morgan fingerprint density at radius 1 is 1.05 bits per heavy atom. The third-order valence-electron chi connectivity index (χ3n) is 3.61. The van der Waals surface area contributed by atoms with E-state index in [9.17, 15) is 0 Å². The van der Waals surface area contributed by atoms with E-state index in [2.05, 4.69) is 37.0 Å². The first-order valence-electron chi connectivity index (χ1n) is 6.74. The summed E-state index contributed by atoms with van der Waals surface area (Å²) in [6, 6.07) is 11.9. The molecule has 0 saturated carbocycles. The predicted molar refractivity (Wildman–Crippen MR) is 80.7 cm³/mol. The number of hydrogen-bond acceptors (Lipinski definition) is 3. The number of rotatable bonds is 2. The second-order valence-electron chi connectivity index (χ2n) is 5.32. The quantitative estimate of drug-likeness (QED) is 0.767. The van der Waals surface area contributed by atoms with Crippen molar-refractivity contribution < 1.29 is 4.42 Å². The van der Waals surface area contributed by atoms with Crippen molar-refractivity contribution in [2.75, 3.05) is 0 Å². The van der Waals surface area contributed by atoms with Crippen LogP contribution in [0.2, 0.25) is 0 Å². The van der Waals surface area contributed by atoms with Gasteiger partial charge in [-0.05, 0) is 44.0 Å². The molecule has 20 heavy (non-hydrogen) atoms. The first-order valence-corrected chi connectivity index (χ1v) is 6.74. The average molecular weight is 266 g/mol. The monoisotopic (exact) mass is 266 g/mol. The lowest BCUT2D eigenvalue weighted by molar-refractivity contribution is 0.524. The minimum Gasteiger partial charge on any atom is -0.457 e. The summed E-state index contributed by atoms with van der Waals surface area (Å²) in [4.78, 5) is 4.46. The summed E-state index contributed by atoms with van der Waals surface area (Å²) >= 11 is 0. The number of pyridine rings is 1. The highest BCUT2D eigenvalue weighted by Crippen LogP contribution is 2.28. The predicted octanol–water partition coefficient (Wildman–Crippen LogP) is 3.80. The summed E-state index contributed by atoms with van der Waals surface area (Å²) in [6.45, 7) is 6.11. The molecule has 1 unspecified atom stereocenters. The normalized spacial score (nSPS) is 12.8. The zero-order valence-electron chi connectivity index (χ0n) is 12.0. The maximum Gasteiger partial charge on any atom is 0.152 e. The molecular formula is C17H18N2O. The van der Waals surface area contributed by atoms with E-state index in [1.807, 2.05) is 25.1 Å². The smallest absolute Gasteiger partial charge is 0.152 e. The second kappa shape index (κ2) is 4.76. The highest BCUT2D eigenvalue weighted by molar-refractivity contribution is 5.73. The van der Waals surface area contributed by atoms with Crippen LogP contribution < -0.4 is 5.73 Å². The van der Waals surface area contributed by atoms with E-state index in [0.717, 1.165) is 28.1 Å². The molecular weight excluding hydrogens is 248 g/mol. The Bertz CT molecular complexity index is 774. The lowest BCUT2D eigenvalue weighted by Gasteiger charge is -2.13. The van der Waals surface area contributed by atoms with E-state index < -0.39 is 0 Å². The maximum atomic E-state index is 6.37. The maximum absolute atomic E-state index is 6.37. The molecule has 3 rings (SSSR count). The highest BCUT2D eigenvalue weighted by atomic mass is 16.3. The minimum absolute atomic E-state index is 0.260. The molecule has 0 spiro atoms. The van der Waals surface area contributed by atoms with Crippen LogP contribution >= 0.6 is 0 Å². The molecule has 0 aliphatic heterocycles. The molecule has 2 N–H and O–H groups in total. The number of nitrogens with two attached hydrogens (primary N) is 1. The van der Waals surface area contributed by atoms with Gasteiger partial charge in [-0.15, -0.1) is 0 Å². The molecule has 0 saturated heterocycles. The molecule has 0 radical (unpaired) electrons. The van der Waals surface area contributed by atoms with E-state index >= 15 is 0 Å². The van der Waals surface area contributed by atoms with Gasteiger partial charge in [0.1, 0.15) is 11.3 Å². The molecule has 0 amide bonds. The summed E-state index contributed by atoms with van der Waals surface area (Å²) in [6.07, 6.45) is 0. The number of aryl methyl sites for hydroxylation is 3. The summed E-state index contributed by atoms with van der Waals surface area (Å²) in [5.41, 5.74) is 12.5. The summed E-state index contributed by atoms with van der Waals surface area (Å²) in [7, 11) is 0. The molecule has 2 heterocycles. The van der Waals surface area contributed by atoms with Gasteiger partial charge in [-0.1, -0.05) is 23.8 Å². The standard InChI is InChI=1S/C17H18N2O/c1-10-4-5-11(2)13(8-10)17(18)16-9-14-15(20-16)7-6-12(3)19-14/h4-9,17H,18H2,1-3H3. The van der Waals surface area contributed by atoms with Gasteiger partial charge >= 0.3 is 0 Å². The highest BCUT2D eigenvalue weighted by Gasteiger charge is 2.16. The van der Waals surface area contributed by atoms with Crippen molar-refractivity contribution >= 4 is 11.1 Å². The number of fused-ring (bicyclic) bond motifs is 1. The molecule has 3 aromatic rings. The first-order chi connectivity index (χ1) is 9.54. The number of hydrogen-bond donors (Lipinski definition) is 1. The summed E-state index contributed by atoms with van der Waals surface area (Å²) in [5, 5.41) is 0. The number of benzene rings is 1. The van der Waals surface area contributed by atoms with Crippen LogP contribution in [0.5, 0.6) is 0 Å². The van der Waals surface area contributed by atoms with Crippen LogP contribution in [0.4, 0.5) is 0 Å². The minimum atomic E-state index is -0.260. The van der Waals surface area contributed by atoms with Gasteiger partial charge in [0.2, 0.25) is 0 Å². The molecule has 0 bridgehead atoms. The van der Waals surface area contributed by atoms with Gasteiger partial charge in [0.05, 0.1) is 6.04 Å². The van der Waals surface area contributed by atoms with Crippen molar-refractivity contribution in [2.24, 2.45) is 5.73 Å². The van der Waals surface area contributed by atoms with Crippen molar-refractivity contribution in [1.82, 2.24) is 4.98 Å². The van der Waals surface area contributed by atoms with E-state index in [1.165, 1.54) is 11.1 Å². The van der Waals surface area contributed by atoms with E-state index in [1.54, 1.807) is 0 Å². The van der Waals surface area contributed by atoms with Gasteiger partial charge in [-0.3, -0.25) is 0 Å². The van der Waals surface area contributed by atoms with Gasteiger partial charge in [0, 0.05) is 11.8 Å². The SMILES string of the molecule is Cc1ccc(C)c(C(N)c2cc3nc(C)ccc3o2)c1. The molecule has 0 aliphatic rings. The largest absolute Gasteiger partial charge is 0.457 e. The van der Waals surface area contributed by atoms with Crippen molar-refractivity contribution in [1.29, 1.82) is 0 Å². The number of furan rings is 1. The van der Waals surface area contributed by atoms with Gasteiger partial charge in [-0.2, -0.15) is 0 Å². The molecule has 0 aliphatic carbocycles. The molecule has 1 atom stereocenters. The van der Waals surface area contributed by atoms with Crippen molar-refractivity contribution in [3.05, 3.63) is 64.5 Å². The van der Waals surface area contributed by atoms with Crippen LogP contribution in [0, 0.1) is 20.8 Å². The fourth-order valence-electron chi connectivity index (χ4n) is 2.45. The third kappa shape index (κ3) is 2.21. The number of aromatic nitrogens is 1. The zero-order chi connectivity index (χ0) is 14.3. The molecule has 2 aromatic heterocycles. The van der Waals surface area contributed by atoms with Crippen molar-refractivity contribution in [3.8, 4) is 0 Å². The van der Waals surface area contributed by atoms with Crippen LogP contribution in [0.15, 0.2) is 40.8 Å². The van der Waals surface area contributed by atoms with Crippen molar-refractivity contribution in [3.63, 3.8) is 0 Å². The lowest BCUT2D eigenvalue weighted by Crippen LogP contribution is -2.12. The Morgan fingerprint density at radius 2 is 1.85 bits per heavy atom. The fraction of sp³-hybridized carbons (Fsp3) is 0.235. The average Bonchev–Trinajstić information content (AvgIpc) is 2.83. The third-order valence-corrected chi connectivity index (χ3v) is 3.61. The Kier molecular flexibility index (Phi) is 3.07. The van der Waals surface area contributed by atoms with Crippen LogP contribution in [0.3, 0.4) is 0 Å². The Balaban J connectivity index is 2.07. The van der Waals surface area contributed by atoms with Crippen molar-refractivity contribution in [2.45, 2.75) is 26.8 Å². The van der Waals surface area contributed by atoms with Crippen LogP contribution in [-0.2, 0) is 0 Å². The zero-order valence-corrected chi connectivity index (χ0v) is 12.0. The molecule has 3 nitrogen and oxygen atoms in total. The molecule has 102 valence electrons. The van der Waals surface area contributed by atoms with Gasteiger partial charge in [-0.25, -0.2) is 4.98 Å². The molecule has 1 aromatic carbocycles. The summed E-state index contributed by atoms with van der Waals surface area (Å²) < 4.78 is 5.85. The Labute approximate surface area is 118 Å². The fourth-order valence-corrected chi connectivity index (χ4v) is 2.45. The molecule has 3 heteroatoms. The first kappa shape index (κ1) is 12.9. The number of nitrogens with zero attached hydrogens (tertiary/aromatic N) is 1. The summed E-state index contributed by atoms with van der Waals surface area (Å²) in [5.74, 6) is 0.756. The van der Waals surface area contributed by atoms with Gasteiger partial charge < -0.3 is 10.2 Å². The van der Waals surface area contributed by atoms with E-state index in [-0.39, 0.29) is 6.04 Å². The van der Waals surface area contributed by atoms with E-state index in [0.29, 0.717) is 0 Å². The van der Waals surface area contributed by atoms with Crippen LogP contribution in [0.25, 0.3) is 11.1 Å². The topological polar surface area (TPSA) is 52.0 Å². The Hall–Kier alpha value is -2.13. The molecule has 0 fully saturated rings. The van der Waals surface area contributed by atoms with Crippen LogP contribution in [0.1, 0.15) is 34.2 Å². The van der Waals surface area contributed by atoms with Crippen LogP contribution in [-0.4, -0.2) is 4.98 Å². The van der Waals surface area contributed by atoms with Gasteiger partial charge in [0.25, 0.3) is 0 Å². The van der Waals surface area contributed by atoms with Gasteiger partial charge in [0.15, 0.2) is 5.58 Å². The lowest BCUT2D eigenvalue weighted by atomic mass is 9.98. The second-order valence-corrected chi connectivity index (χ2v) is 5.32.